The SMILES string of the molecule is O=C(Nc1ccc(F)c(S(=O)(=O)N2CCOCC2)c1)C1CCCCC1. The van der Waals surface area contributed by atoms with Crippen LogP contribution in [0.3, 0.4) is 0 Å². The average Bonchev–Trinajstić information content (AvgIpc) is 2.64. The van der Waals surface area contributed by atoms with Gasteiger partial charge in [0, 0.05) is 24.7 Å². The van der Waals surface area contributed by atoms with Crippen LogP contribution in [0.4, 0.5) is 10.1 Å². The Hall–Kier alpha value is -1.51. The van der Waals surface area contributed by atoms with Crippen LogP contribution in [0.25, 0.3) is 0 Å². The van der Waals surface area contributed by atoms with Crippen molar-refractivity contribution in [1.82, 2.24) is 4.31 Å². The summed E-state index contributed by atoms with van der Waals surface area (Å²) < 4.78 is 45.9. The number of nitrogens with one attached hydrogen (secondary N) is 1. The number of morpholine rings is 1. The van der Waals surface area contributed by atoms with Crippen molar-refractivity contribution in [3.63, 3.8) is 0 Å². The van der Waals surface area contributed by atoms with Gasteiger partial charge in [-0.3, -0.25) is 4.79 Å². The molecule has 1 heterocycles. The molecule has 1 saturated carbocycles. The number of carbonyl (C=O) groups is 1. The van der Waals surface area contributed by atoms with Gasteiger partial charge in [-0.1, -0.05) is 19.3 Å². The number of ether oxygens (including phenoxy) is 1. The van der Waals surface area contributed by atoms with Crippen LogP contribution in [0.1, 0.15) is 32.1 Å². The highest BCUT2D eigenvalue weighted by molar-refractivity contribution is 7.89. The van der Waals surface area contributed by atoms with Gasteiger partial charge in [-0.25, -0.2) is 12.8 Å². The molecule has 2 fully saturated rings. The van der Waals surface area contributed by atoms with Crippen LogP contribution < -0.4 is 5.32 Å². The zero-order valence-corrected chi connectivity index (χ0v) is 14.9. The molecular formula is C17H23FN2O4S. The van der Waals surface area contributed by atoms with E-state index < -0.39 is 20.7 Å². The number of rotatable bonds is 4. The highest BCUT2D eigenvalue weighted by atomic mass is 32.2. The monoisotopic (exact) mass is 370 g/mol. The van der Waals surface area contributed by atoms with Gasteiger partial charge in [0.25, 0.3) is 0 Å². The molecule has 0 atom stereocenters. The van der Waals surface area contributed by atoms with E-state index in [-0.39, 0.29) is 24.9 Å². The number of amides is 1. The third-order valence-corrected chi connectivity index (χ3v) is 6.68. The van der Waals surface area contributed by atoms with Crippen molar-refractivity contribution >= 4 is 21.6 Å². The third-order valence-electron chi connectivity index (χ3n) is 4.76. The molecule has 0 unspecified atom stereocenters. The van der Waals surface area contributed by atoms with Crippen LogP contribution in [-0.2, 0) is 19.6 Å². The van der Waals surface area contributed by atoms with Gasteiger partial charge in [0.15, 0.2) is 0 Å². The van der Waals surface area contributed by atoms with E-state index in [9.17, 15) is 17.6 Å². The Morgan fingerprint density at radius 2 is 1.84 bits per heavy atom. The highest BCUT2D eigenvalue weighted by Gasteiger charge is 2.29. The number of halogens is 1. The van der Waals surface area contributed by atoms with Crippen LogP contribution >= 0.6 is 0 Å². The van der Waals surface area contributed by atoms with Gasteiger partial charge in [-0.2, -0.15) is 4.31 Å². The van der Waals surface area contributed by atoms with E-state index in [4.69, 9.17) is 4.74 Å². The quantitative estimate of drug-likeness (QED) is 0.883. The van der Waals surface area contributed by atoms with E-state index in [0.29, 0.717) is 18.9 Å². The second-order valence-corrected chi connectivity index (χ2v) is 8.39. The molecular weight excluding hydrogens is 347 g/mol. The fourth-order valence-electron chi connectivity index (χ4n) is 3.31. The summed E-state index contributed by atoms with van der Waals surface area (Å²) in [4.78, 5) is 11.9. The maximum Gasteiger partial charge on any atom is 0.246 e. The number of sulfonamides is 1. The molecule has 1 aromatic rings. The minimum Gasteiger partial charge on any atom is -0.379 e. The van der Waals surface area contributed by atoms with E-state index in [1.54, 1.807) is 0 Å². The largest absolute Gasteiger partial charge is 0.379 e. The number of carbonyl (C=O) groups excluding carboxylic acids is 1. The molecule has 8 heteroatoms. The lowest BCUT2D eigenvalue weighted by Gasteiger charge is -2.26. The summed E-state index contributed by atoms with van der Waals surface area (Å²) in [5, 5.41) is 2.74. The van der Waals surface area contributed by atoms with Gasteiger partial charge < -0.3 is 10.1 Å². The van der Waals surface area contributed by atoms with Crippen LogP contribution in [0.5, 0.6) is 0 Å². The van der Waals surface area contributed by atoms with E-state index in [0.717, 1.165) is 38.2 Å². The van der Waals surface area contributed by atoms with E-state index in [1.165, 1.54) is 16.4 Å². The predicted molar refractivity (Wildman–Crippen MR) is 91.2 cm³/mol. The zero-order valence-electron chi connectivity index (χ0n) is 14.0. The van der Waals surface area contributed by atoms with Crippen molar-refractivity contribution in [2.75, 3.05) is 31.6 Å². The van der Waals surface area contributed by atoms with Gasteiger partial charge in [-0.15, -0.1) is 0 Å². The molecule has 25 heavy (non-hydrogen) atoms. The van der Waals surface area contributed by atoms with E-state index in [2.05, 4.69) is 5.32 Å². The van der Waals surface area contributed by atoms with Crippen molar-refractivity contribution in [1.29, 1.82) is 0 Å². The minimum absolute atomic E-state index is 0.0573. The molecule has 3 rings (SSSR count). The number of benzene rings is 1. The Balaban J connectivity index is 1.79. The zero-order chi connectivity index (χ0) is 17.9. The molecule has 1 amide bonds. The molecule has 1 N–H and O–H groups in total. The van der Waals surface area contributed by atoms with Gasteiger partial charge in [-0.05, 0) is 31.0 Å². The average molecular weight is 370 g/mol. The molecule has 1 saturated heterocycles. The van der Waals surface area contributed by atoms with Crippen molar-refractivity contribution in [3.8, 4) is 0 Å². The van der Waals surface area contributed by atoms with Gasteiger partial charge in [0.05, 0.1) is 13.2 Å². The summed E-state index contributed by atoms with van der Waals surface area (Å²) in [5.74, 6) is -0.999. The molecule has 1 aliphatic heterocycles. The fourth-order valence-corrected chi connectivity index (χ4v) is 4.81. The second kappa shape index (κ2) is 7.80. The predicted octanol–water partition coefficient (Wildman–Crippen LogP) is 2.37. The Bertz CT molecular complexity index is 726. The van der Waals surface area contributed by atoms with Crippen LogP contribution in [0.2, 0.25) is 0 Å². The molecule has 1 aromatic carbocycles. The normalized spacial score (nSPS) is 20.4. The first-order valence-electron chi connectivity index (χ1n) is 8.67. The van der Waals surface area contributed by atoms with Gasteiger partial charge >= 0.3 is 0 Å². The van der Waals surface area contributed by atoms with Crippen molar-refractivity contribution in [2.24, 2.45) is 5.92 Å². The van der Waals surface area contributed by atoms with Crippen LogP contribution in [-0.4, -0.2) is 44.9 Å². The summed E-state index contributed by atoms with van der Waals surface area (Å²) in [6.07, 6.45) is 4.87. The lowest BCUT2D eigenvalue weighted by molar-refractivity contribution is -0.120. The molecule has 2 aliphatic rings. The van der Waals surface area contributed by atoms with Crippen LogP contribution in [0.15, 0.2) is 23.1 Å². The van der Waals surface area contributed by atoms with E-state index >= 15 is 0 Å². The first-order valence-corrected chi connectivity index (χ1v) is 10.1. The fraction of sp³-hybridized carbons (Fsp3) is 0.588. The number of hydrogen-bond donors (Lipinski definition) is 1. The van der Waals surface area contributed by atoms with Crippen molar-refractivity contribution in [3.05, 3.63) is 24.0 Å². The molecule has 0 aromatic heterocycles. The molecule has 6 nitrogen and oxygen atoms in total. The lowest BCUT2D eigenvalue weighted by Crippen LogP contribution is -2.40. The van der Waals surface area contributed by atoms with Crippen LogP contribution in [0, 0.1) is 11.7 Å². The topological polar surface area (TPSA) is 75.7 Å². The summed E-state index contributed by atoms with van der Waals surface area (Å²) in [5.41, 5.74) is 0.309. The number of anilines is 1. The second-order valence-electron chi connectivity index (χ2n) is 6.49. The van der Waals surface area contributed by atoms with Gasteiger partial charge in [0.1, 0.15) is 10.7 Å². The summed E-state index contributed by atoms with van der Waals surface area (Å²) in [6, 6.07) is 3.69. The Morgan fingerprint density at radius 3 is 2.52 bits per heavy atom. The first kappa shape index (κ1) is 18.3. The minimum atomic E-state index is -3.95. The molecule has 0 spiro atoms. The van der Waals surface area contributed by atoms with Gasteiger partial charge in [0.2, 0.25) is 15.9 Å². The summed E-state index contributed by atoms with van der Waals surface area (Å²) in [6.45, 7) is 0.971. The Kier molecular flexibility index (Phi) is 5.71. The maximum absolute atomic E-state index is 14.2. The molecule has 1 aliphatic carbocycles. The summed E-state index contributed by atoms with van der Waals surface area (Å²) in [7, 11) is -3.95. The Morgan fingerprint density at radius 1 is 1.16 bits per heavy atom. The van der Waals surface area contributed by atoms with Crippen molar-refractivity contribution < 1.29 is 22.3 Å². The first-order chi connectivity index (χ1) is 12.0. The third kappa shape index (κ3) is 4.19. The van der Waals surface area contributed by atoms with E-state index in [1.807, 2.05) is 0 Å². The molecule has 0 radical (unpaired) electrons. The number of hydrogen-bond acceptors (Lipinski definition) is 4. The molecule has 0 bridgehead atoms. The highest BCUT2D eigenvalue weighted by Crippen LogP contribution is 2.27. The molecule has 138 valence electrons. The standard InChI is InChI=1S/C17H23FN2O4S/c18-15-7-6-14(19-17(21)13-4-2-1-3-5-13)12-16(15)25(22,23)20-8-10-24-11-9-20/h6-7,12-13H,1-5,8-11H2,(H,19,21). The Labute approximate surface area is 147 Å². The lowest BCUT2D eigenvalue weighted by atomic mass is 9.88. The van der Waals surface area contributed by atoms with Crippen molar-refractivity contribution in [2.45, 2.75) is 37.0 Å². The maximum atomic E-state index is 14.2. The summed E-state index contributed by atoms with van der Waals surface area (Å²) >= 11 is 0. The number of nitrogens with zero attached hydrogens (tertiary/aromatic N) is 1. The smallest absolute Gasteiger partial charge is 0.246 e.